The summed E-state index contributed by atoms with van der Waals surface area (Å²) in [5, 5.41) is 0. The minimum absolute atomic E-state index is 0.756. The molecule has 0 fully saturated rings. The maximum atomic E-state index is 4.89. The fraction of sp³-hybridized carbons (Fsp3) is 0.0500. The molecule has 0 spiro atoms. The van der Waals surface area contributed by atoms with Crippen LogP contribution in [0, 0.1) is 0 Å². The van der Waals surface area contributed by atoms with Gasteiger partial charge in [-0.15, -0.1) is 0 Å². The summed E-state index contributed by atoms with van der Waals surface area (Å²) in [6, 6.07) is 20.7. The Kier molecular flexibility index (Phi) is 2.34. The fourth-order valence-electron chi connectivity index (χ4n) is 3.84. The van der Waals surface area contributed by atoms with Crippen LogP contribution < -0.4 is 4.57 Å². The van der Waals surface area contributed by atoms with Crippen LogP contribution in [0.1, 0.15) is 5.69 Å². The van der Waals surface area contributed by atoms with Crippen molar-refractivity contribution in [1.82, 2.24) is 18.9 Å². The minimum Gasteiger partial charge on any atom is -0.257 e. The number of benzene rings is 1. The van der Waals surface area contributed by atoms with Gasteiger partial charge in [-0.1, -0.05) is 29.2 Å². The normalized spacial score (nSPS) is 12.6. The molecule has 0 unspecified atom stereocenters. The third-order valence-electron chi connectivity index (χ3n) is 4.88. The average molecular weight is 324 g/mol. The quantitative estimate of drug-likeness (QED) is 0.436. The van der Waals surface area contributed by atoms with E-state index >= 15 is 0 Å². The molecule has 0 radical (unpaired) electrons. The summed E-state index contributed by atoms with van der Waals surface area (Å²) < 4.78 is 6.72. The molecule has 0 atom stereocenters. The first kappa shape index (κ1) is 12.9. The minimum atomic E-state index is 0.756. The third kappa shape index (κ3) is 1.59. The zero-order chi connectivity index (χ0) is 16.4. The number of hydrogen-bond donors (Lipinski definition) is 0. The third-order valence-corrected chi connectivity index (χ3v) is 4.88. The summed E-state index contributed by atoms with van der Waals surface area (Å²) in [7, 11) is 0. The maximum absolute atomic E-state index is 4.89. The van der Waals surface area contributed by atoms with Gasteiger partial charge < -0.3 is 0 Å². The topological polar surface area (TPSA) is 39.0 Å². The Hall–Kier alpha value is -3.47. The van der Waals surface area contributed by atoms with Crippen molar-refractivity contribution in [2.24, 2.45) is 0 Å². The van der Waals surface area contributed by atoms with Gasteiger partial charge in [-0.3, -0.25) is 9.38 Å². The molecule has 1 aromatic carbocycles. The Morgan fingerprint density at radius 1 is 0.920 bits per heavy atom. The van der Waals surface area contributed by atoms with E-state index in [1.165, 1.54) is 5.56 Å². The van der Waals surface area contributed by atoms with E-state index in [1.807, 2.05) is 36.5 Å². The van der Waals surface area contributed by atoms with E-state index < -0.39 is 0 Å². The molecular formula is C20H14N5+. The van der Waals surface area contributed by atoms with E-state index in [-0.39, 0.29) is 0 Å². The smallest absolute Gasteiger partial charge is 0.257 e. The highest BCUT2D eigenvalue weighted by molar-refractivity contribution is 5.79. The maximum Gasteiger partial charge on any atom is 0.324 e. The predicted octanol–water partition coefficient (Wildman–Crippen LogP) is 2.99. The lowest BCUT2D eigenvalue weighted by Crippen LogP contribution is -2.32. The first-order chi connectivity index (χ1) is 12.4. The van der Waals surface area contributed by atoms with Crippen LogP contribution in [0.2, 0.25) is 0 Å². The molecule has 0 bridgehead atoms. The number of imidazole rings is 2. The number of para-hydroxylation sites is 1. The fourth-order valence-corrected chi connectivity index (χ4v) is 3.84. The van der Waals surface area contributed by atoms with Crippen LogP contribution in [-0.4, -0.2) is 18.9 Å². The van der Waals surface area contributed by atoms with Crippen LogP contribution in [0.3, 0.4) is 0 Å². The Morgan fingerprint density at radius 3 is 2.72 bits per heavy atom. The molecule has 25 heavy (non-hydrogen) atoms. The van der Waals surface area contributed by atoms with E-state index in [4.69, 9.17) is 4.98 Å². The molecule has 5 aromatic rings. The lowest BCUT2D eigenvalue weighted by Gasteiger charge is -2.04. The van der Waals surface area contributed by atoms with Crippen LogP contribution in [0.5, 0.6) is 0 Å². The van der Waals surface area contributed by atoms with E-state index in [2.05, 4.69) is 55.0 Å². The van der Waals surface area contributed by atoms with E-state index in [0.717, 1.165) is 40.7 Å². The molecule has 118 valence electrons. The van der Waals surface area contributed by atoms with E-state index in [9.17, 15) is 0 Å². The standard InChI is InChI=1S/C20H14N5/c1-2-7-14(8-3-1)25-19-15-9-6-11-21-16(15)13-24(19)18-20(25)23-12-5-4-10-17(23)22-18/h1-12H,13H2/q+1. The largest absolute Gasteiger partial charge is 0.324 e. The highest BCUT2D eigenvalue weighted by Gasteiger charge is 2.36. The summed E-state index contributed by atoms with van der Waals surface area (Å²) in [6.45, 7) is 0.756. The summed E-state index contributed by atoms with van der Waals surface area (Å²) in [4.78, 5) is 9.47. The van der Waals surface area contributed by atoms with Crippen molar-refractivity contribution in [1.29, 1.82) is 0 Å². The van der Waals surface area contributed by atoms with Crippen molar-refractivity contribution in [3.63, 3.8) is 0 Å². The van der Waals surface area contributed by atoms with Crippen molar-refractivity contribution in [3.8, 4) is 17.1 Å². The molecule has 5 heterocycles. The van der Waals surface area contributed by atoms with Gasteiger partial charge in [0.25, 0.3) is 5.65 Å². The van der Waals surface area contributed by atoms with Crippen molar-refractivity contribution in [3.05, 3.63) is 78.8 Å². The van der Waals surface area contributed by atoms with Gasteiger partial charge in [0.1, 0.15) is 12.2 Å². The number of hydrogen-bond acceptors (Lipinski definition) is 2. The van der Waals surface area contributed by atoms with Gasteiger partial charge in [0.2, 0.25) is 11.5 Å². The van der Waals surface area contributed by atoms with Gasteiger partial charge in [-0.25, -0.2) is 9.13 Å². The molecule has 0 saturated heterocycles. The monoisotopic (exact) mass is 324 g/mol. The van der Waals surface area contributed by atoms with Crippen LogP contribution in [0.15, 0.2) is 73.1 Å². The molecule has 0 N–H and O–H groups in total. The van der Waals surface area contributed by atoms with Gasteiger partial charge in [-0.05, 0) is 36.4 Å². The van der Waals surface area contributed by atoms with Gasteiger partial charge in [-0.2, -0.15) is 0 Å². The van der Waals surface area contributed by atoms with Gasteiger partial charge >= 0.3 is 5.65 Å². The van der Waals surface area contributed by atoms with Crippen LogP contribution in [0.4, 0.5) is 0 Å². The SMILES string of the molecule is c1ccc(-n2c3[n+](c4nc5ccccn5c42)Cc2ncccc2-3)cc1. The first-order valence-electron chi connectivity index (χ1n) is 8.33. The molecular weight excluding hydrogens is 310 g/mol. The van der Waals surface area contributed by atoms with Crippen molar-refractivity contribution >= 4 is 16.9 Å². The Morgan fingerprint density at radius 2 is 1.80 bits per heavy atom. The molecule has 4 aromatic heterocycles. The second kappa shape index (κ2) is 4.54. The number of fused-ring (bicyclic) bond motifs is 7. The number of aromatic nitrogens is 5. The molecule has 6 rings (SSSR count). The Labute approximate surface area is 143 Å². The second-order valence-corrected chi connectivity index (χ2v) is 6.27. The highest BCUT2D eigenvalue weighted by Crippen LogP contribution is 2.32. The van der Waals surface area contributed by atoms with Gasteiger partial charge in [0, 0.05) is 12.4 Å². The second-order valence-electron chi connectivity index (χ2n) is 6.27. The summed E-state index contributed by atoms with van der Waals surface area (Å²) in [5.41, 5.74) is 6.43. The molecule has 1 aliphatic rings. The van der Waals surface area contributed by atoms with Crippen molar-refractivity contribution < 1.29 is 4.57 Å². The zero-order valence-electron chi connectivity index (χ0n) is 13.4. The summed E-state index contributed by atoms with van der Waals surface area (Å²) >= 11 is 0. The number of pyridine rings is 2. The highest BCUT2D eigenvalue weighted by atomic mass is 15.3. The molecule has 5 nitrogen and oxygen atoms in total. The predicted molar refractivity (Wildman–Crippen MR) is 94.6 cm³/mol. The van der Waals surface area contributed by atoms with Gasteiger partial charge in [0.15, 0.2) is 0 Å². The van der Waals surface area contributed by atoms with Crippen molar-refractivity contribution in [2.45, 2.75) is 6.54 Å². The first-order valence-corrected chi connectivity index (χ1v) is 8.33. The van der Waals surface area contributed by atoms with Gasteiger partial charge in [0.05, 0.1) is 11.3 Å². The van der Waals surface area contributed by atoms with E-state index in [0.29, 0.717) is 0 Å². The lowest BCUT2D eigenvalue weighted by molar-refractivity contribution is -0.648. The molecule has 0 amide bonds. The van der Waals surface area contributed by atoms with Crippen molar-refractivity contribution in [2.75, 3.05) is 0 Å². The number of rotatable bonds is 1. The lowest BCUT2D eigenvalue weighted by atomic mass is 10.2. The van der Waals surface area contributed by atoms with Crippen LogP contribution in [-0.2, 0) is 6.54 Å². The zero-order valence-corrected chi connectivity index (χ0v) is 13.4. The molecule has 1 aliphatic heterocycles. The molecule has 0 aliphatic carbocycles. The summed E-state index contributed by atoms with van der Waals surface area (Å²) in [5.74, 6) is 1.14. The van der Waals surface area contributed by atoms with E-state index in [1.54, 1.807) is 0 Å². The Balaban J connectivity index is 1.84. The molecule has 0 saturated carbocycles. The van der Waals surface area contributed by atoms with Crippen LogP contribution in [0.25, 0.3) is 34.0 Å². The number of nitrogens with zero attached hydrogens (tertiary/aromatic N) is 5. The summed E-state index contributed by atoms with van der Waals surface area (Å²) in [6.07, 6.45) is 3.93. The van der Waals surface area contributed by atoms with Crippen LogP contribution >= 0.6 is 0 Å². The molecule has 5 heteroatoms. The Bertz CT molecular complexity index is 1260. The average Bonchev–Trinajstić information content (AvgIpc) is 3.30.